The lowest BCUT2D eigenvalue weighted by atomic mass is 10.0. The Kier molecular flexibility index (Phi) is 6.54. The number of sulfonamides is 1. The van der Waals surface area contributed by atoms with Crippen molar-refractivity contribution in [2.24, 2.45) is 5.92 Å². The van der Waals surface area contributed by atoms with E-state index in [0.29, 0.717) is 6.42 Å². The number of ether oxygens (including phenoxy) is 1. The van der Waals surface area contributed by atoms with Gasteiger partial charge in [0.15, 0.2) is 0 Å². The predicted molar refractivity (Wildman–Crippen MR) is 59.7 cm³/mol. The van der Waals surface area contributed by atoms with Gasteiger partial charge in [-0.25, -0.2) is 13.1 Å². The van der Waals surface area contributed by atoms with Crippen molar-refractivity contribution in [2.45, 2.75) is 26.3 Å². The Hall–Kier alpha value is -0.660. The normalized spacial score (nSPS) is 15.7. The zero-order valence-corrected chi connectivity index (χ0v) is 10.6. The topological polar surface area (TPSA) is 92.7 Å². The van der Waals surface area contributed by atoms with Gasteiger partial charge in [-0.3, -0.25) is 4.79 Å². The standard InChI is InChI=1S/C9H19NO5S/c1-4-7(2)8(9(11)12)10-16(13,14)6-5-15-3/h7-8,10H,4-6H2,1-3H3,(H,11,12). The van der Waals surface area contributed by atoms with Crippen molar-refractivity contribution in [2.75, 3.05) is 19.5 Å². The van der Waals surface area contributed by atoms with Gasteiger partial charge in [0.05, 0.1) is 12.4 Å². The smallest absolute Gasteiger partial charge is 0.322 e. The number of methoxy groups -OCH3 is 1. The maximum Gasteiger partial charge on any atom is 0.322 e. The molecule has 0 aliphatic rings. The van der Waals surface area contributed by atoms with Crippen LogP contribution in [0.1, 0.15) is 20.3 Å². The van der Waals surface area contributed by atoms with Crippen LogP contribution >= 0.6 is 0 Å². The fourth-order valence-electron chi connectivity index (χ4n) is 1.09. The molecular weight excluding hydrogens is 234 g/mol. The van der Waals surface area contributed by atoms with Crippen LogP contribution in [0.2, 0.25) is 0 Å². The molecule has 0 heterocycles. The Morgan fingerprint density at radius 3 is 2.44 bits per heavy atom. The molecule has 2 N–H and O–H groups in total. The van der Waals surface area contributed by atoms with Crippen molar-refractivity contribution >= 4 is 16.0 Å². The molecule has 0 radical (unpaired) electrons. The van der Waals surface area contributed by atoms with Gasteiger partial charge >= 0.3 is 5.97 Å². The van der Waals surface area contributed by atoms with E-state index in [1.54, 1.807) is 6.92 Å². The van der Waals surface area contributed by atoms with E-state index in [9.17, 15) is 13.2 Å². The van der Waals surface area contributed by atoms with Gasteiger partial charge < -0.3 is 9.84 Å². The van der Waals surface area contributed by atoms with Crippen LogP contribution in [0.3, 0.4) is 0 Å². The molecule has 96 valence electrons. The highest BCUT2D eigenvalue weighted by Gasteiger charge is 2.27. The van der Waals surface area contributed by atoms with Gasteiger partial charge in [-0.1, -0.05) is 20.3 Å². The van der Waals surface area contributed by atoms with E-state index in [2.05, 4.69) is 9.46 Å². The second-order valence-electron chi connectivity index (χ2n) is 3.63. The molecule has 0 rings (SSSR count). The van der Waals surface area contributed by atoms with E-state index in [0.717, 1.165) is 0 Å². The Morgan fingerprint density at radius 2 is 2.06 bits per heavy atom. The van der Waals surface area contributed by atoms with Crippen LogP contribution in [-0.2, 0) is 19.6 Å². The second-order valence-corrected chi connectivity index (χ2v) is 5.50. The van der Waals surface area contributed by atoms with Gasteiger partial charge in [-0.05, 0) is 5.92 Å². The first kappa shape index (κ1) is 15.3. The summed E-state index contributed by atoms with van der Waals surface area (Å²) in [4.78, 5) is 10.9. The van der Waals surface area contributed by atoms with Gasteiger partial charge in [0.2, 0.25) is 10.0 Å². The molecule has 6 nitrogen and oxygen atoms in total. The van der Waals surface area contributed by atoms with Crippen molar-refractivity contribution in [3.63, 3.8) is 0 Å². The van der Waals surface area contributed by atoms with Crippen LogP contribution in [0.5, 0.6) is 0 Å². The molecule has 2 atom stereocenters. The minimum Gasteiger partial charge on any atom is -0.480 e. The SMILES string of the molecule is CCC(C)C(NS(=O)(=O)CCOC)C(=O)O. The number of nitrogens with one attached hydrogen (secondary N) is 1. The summed E-state index contributed by atoms with van der Waals surface area (Å²) in [7, 11) is -2.21. The number of carbonyl (C=O) groups is 1. The number of rotatable bonds is 8. The van der Waals surface area contributed by atoms with E-state index in [1.807, 2.05) is 6.92 Å². The van der Waals surface area contributed by atoms with E-state index in [4.69, 9.17) is 5.11 Å². The lowest BCUT2D eigenvalue weighted by Crippen LogP contribution is -2.46. The summed E-state index contributed by atoms with van der Waals surface area (Å²) >= 11 is 0. The van der Waals surface area contributed by atoms with Crippen molar-refractivity contribution in [3.05, 3.63) is 0 Å². The molecule has 0 bridgehead atoms. The van der Waals surface area contributed by atoms with Crippen molar-refractivity contribution in [3.8, 4) is 0 Å². The zero-order valence-electron chi connectivity index (χ0n) is 9.76. The molecule has 16 heavy (non-hydrogen) atoms. The minimum atomic E-state index is -3.60. The quantitative estimate of drug-likeness (QED) is 0.637. The fourth-order valence-corrected chi connectivity index (χ4v) is 2.32. The van der Waals surface area contributed by atoms with Crippen molar-refractivity contribution in [1.29, 1.82) is 0 Å². The molecule has 0 aromatic carbocycles. The molecule has 0 fully saturated rings. The number of hydrogen-bond acceptors (Lipinski definition) is 4. The Balaban J connectivity index is 4.57. The number of aliphatic carboxylic acids is 1. The summed E-state index contributed by atoms with van der Waals surface area (Å²) in [6.07, 6.45) is 0.587. The summed E-state index contributed by atoms with van der Waals surface area (Å²) in [6, 6.07) is -1.08. The third-order valence-electron chi connectivity index (χ3n) is 2.34. The summed E-state index contributed by atoms with van der Waals surface area (Å²) in [5, 5.41) is 8.91. The third kappa shape index (κ3) is 5.43. The van der Waals surface area contributed by atoms with Gasteiger partial charge in [0, 0.05) is 7.11 Å². The molecule has 0 amide bonds. The summed E-state index contributed by atoms with van der Waals surface area (Å²) < 4.78 is 29.8. The minimum absolute atomic E-state index is 0.0438. The highest BCUT2D eigenvalue weighted by Crippen LogP contribution is 2.09. The monoisotopic (exact) mass is 253 g/mol. The lowest BCUT2D eigenvalue weighted by Gasteiger charge is -2.19. The molecular formula is C9H19NO5S. The molecule has 0 aliphatic carbocycles. The number of carboxylic acids is 1. The van der Waals surface area contributed by atoms with Gasteiger partial charge in [-0.15, -0.1) is 0 Å². The number of hydrogen-bond donors (Lipinski definition) is 2. The average molecular weight is 253 g/mol. The first-order valence-corrected chi connectivity index (χ1v) is 6.71. The van der Waals surface area contributed by atoms with Gasteiger partial charge in [0.1, 0.15) is 6.04 Å². The molecule has 0 aromatic heterocycles. The van der Waals surface area contributed by atoms with Crippen LogP contribution in [0.15, 0.2) is 0 Å². The maximum absolute atomic E-state index is 11.5. The largest absolute Gasteiger partial charge is 0.480 e. The molecule has 0 aromatic rings. The average Bonchev–Trinajstić information content (AvgIpc) is 2.22. The van der Waals surface area contributed by atoms with E-state index in [1.165, 1.54) is 7.11 Å². The zero-order chi connectivity index (χ0) is 12.8. The van der Waals surface area contributed by atoms with E-state index < -0.39 is 22.0 Å². The van der Waals surface area contributed by atoms with E-state index >= 15 is 0 Å². The van der Waals surface area contributed by atoms with Crippen LogP contribution < -0.4 is 4.72 Å². The van der Waals surface area contributed by atoms with E-state index in [-0.39, 0.29) is 18.3 Å². The first-order valence-electron chi connectivity index (χ1n) is 5.05. The Morgan fingerprint density at radius 1 is 1.50 bits per heavy atom. The van der Waals surface area contributed by atoms with Crippen LogP contribution in [0, 0.1) is 5.92 Å². The van der Waals surface area contributed by atoms with Gasteiger partial charge in [-0.2, -0.15) is 0 Å². The van der Waals surface area contributed by atoms with Crippen molar-refractivity contribution < 1.29 is 23.1 Å². The molecule has 2 unspecified atom stereocenters. The summed E-state index contributed by atoms with van der Waals surface area (Å²) in [5.41, 5.74) is 0. The molecule has 7 heteroatoms. The Labute approximate surface area is 96.0 Å². The van der Waals surface area contributed by atoms with Crippen LogP contribution in [-0.4, -0.2) is 45.0 Å². The highest BCUT2D eigenvalue weighted by molar-refractivity contribution is 7.89. The van der Waals surface area contributed by atoms with Crippen molar-refractivity contribution in [1.82, 2.24) is 4.72 Å². The fraction of sp³-hybridized carbons (Fsp3) is 0.889. The molecule has 0 saturated heterocycles. The third-order valence-corrected chi connectivity index (χ3v) is 3.66. The predicted octanol–water partition coefficient (Wildman–Crippen LogP) is 0.0515. The molecule has 0 spiro atoms. The Bertz CT molecular complexity index is 314. The summed E-state index contributed by atoms with van der Waals surface area (Å²) in [5.74, 6) is -1.64. The molecule has 0 saturated carbocycles. The lowest BCUT2D eigenvalue weighted by molar-refractivity contribution is -0.140. The molecule has 0 aliphatic heterocycles. The number of carboxylic acid groups (broad SMARTS) is 1. The van der Waals surface area contributed by atoms with Gasteiger partial charge in [0.25, 0.3) is 0 Å². The second kappa shape index (κ2) is 6.82. The first-order chi connectivity index (χ1) is 7.34. The van der Waals surface area contributed by atoms with Crippen LogP contribution in [0.25, 0.3) is 0 Å². The summed E-state index contributed by atoms with van der Waals surface area (Å²) in [6.45, 7) is 3.55. The maximum atomic E-state index is 11.5. The van der Waals surface area contributed by atoms with Crippen LogP contribution in [0.4, 0.5) is 0 Å². The highest BCUT2D eigenvalue weighted by atomic mass is 32.2.